The average Bonchev–Trinajstić information content (AvgIpc) is 2.84. The van der Waals surface area contributed by atoms with E-state index in [0.29, 0.717) is 10.8 Å². The average molecular weight is 334 g/mol. The monoisotopic (exact) mass is 333 g/mol. The van der Waals surface area contributed by atoms with Crippen molar-refractivity contribution < 1.29 is 4.74 Å². The Morgan fingerprint density at radius 3 is 2.78 bits per heavy atom. The van der Waals surface area contributed by atoms with E-state index in [2.05, 4.69) is 26.8 Å². The second-order valence-corrected chi connectivity index (χ2v) is 6.98. The van der Waals surface area contributed by atoms with E-state index in [-0.39, 0.29) is 17.6 Å². The molecule has 0 amide bonds. The van der Waals surface area contributed by atoms with Crippen LogP contribution < -0.4 is 10.6 Å². The molecule has 1 spiro atoms. The van der Waals surface area contributed by atoms with E-state index in [9.17, 15) is 0 Å². The second kappa shape index (κ2) is 5.54. The number of fused-ring (bicyclic) bond motifs is 1. The minimum atomic E-state index is 0.120. The van der Waals surface area contributed by atoms with Gasteiger partial charge in [-0.3, -0.25) is 0 Å². The highest BCUT2D eigenvalue weighted by Gasteiger charge is 2.47. The van der Waals surface area contributed by atoms with Crippen molar-refractivity contribution >= 4 is 28.6 Å². The molecule has 4 rings (SSSR count). The number of aromatic nitrogens is 3. The summed E-state index contributed by atoms with van der Waals surface area (Å²) in [6.45, 7) is 4.68. The van der Waals surface area contributed by atoms with Crippen LogP contribution in [-0.4, -0.2) is 46.8 Å². The molecule has 2 aliphatic heterocycles. The Morgan fingerprint density at radius 1 is 1.30 bits per heavy atom. The fourth-order valence-electron chi connectivity index (χ4n) is 3.68. The minimum absolute atomic E-state index is 0.120. The number of hydrogen-bond donors (Lipinski definition) is 1. The van der Waals surface area contributed by atoms with Crippen molar-refractivity contribution in [3.63, 3.8) is 0 Å². The highest BCUT2D eigenvalue weighted by atomic mass is 35.5. The molecule has 2 aliphatic rings. The molecule has 0 bridgehead atoms. The summed E-state index contributed by atoms with van der Waals surface area (Å²) < 4.78 is 5.78. The predicted molar refractivity (Wildman–Crippen MR) is 89.6 cm³/mol. The summed E-state index contributed by atoms with van der Waals surface area (Å²) in [4.78, 5) is 15.5. The van der Waals surface area contributed by atoms with E-state index in [1.807, 2.05) is 6.07 Å². The van der Waals surface area contributed by atoms with Crippen LogP contribution in [0.2, 0.25) is 5.15 Å². The molecule has 0 aromatic carbocycles. The third-order valence-electron chi connectivity index (χ3n) is 5.29. The third-order valence-corrected chi connectivity index (χ3v) is 5.50. The van der Waals surface area contributed by atoms with Crippen molar-refractivity contribution in [2.75, 3.05) is 24.6 Å². The Hall–Kier alpha value is -1.50. The summed E-state index contributed by atoms with van der Waals surface area (Å²) in [5, 5.41) is 0.434. The van der Waals surface area contributed by atoms with Gasteiger partial charge in [-0.15, -0.1) is 0 Å². The second-order valence-electron chi connectivity index (χ2n) is 6.60. The number of rotatable bonds is 1. The Morgan fingerprint density at radius 2 is 2.09 bits per heavy atom. The SMILES string of the molecule is CC1OCC2(CCN(c3cnc4nc(Cl)ccc4n3)CC2)C1N. The van der Waals surface area contributed by atoms with E-state index in [1.165, 1.54) is 0 Å². The van der Waals surface area contributed by atoms with Crippen LogP contribution in [0.15, 0.2) is 18.3 Å². The van der Waals surface area contributed by atoms with Crippen LogP contribution in [0, 0.1) is 5.41 Å². The molecule has 23 heavy (non-hydrogen) atoms. The Labute approximate surface area is 140 Å². The van der Waals surface area contributed by atoms with Gasteiger partial charge in [0, 0.05) is 24.5 Å². The lowest BCUT2D eigenvalue weighted by Crippen LogP contribution is -2.50. The highest BCUT2D eigenvalue weighted by molar-refractivity contribution is 6.29. The molecule has 0 radical (unpaired) electrons. The van der Waals surface area contributed by atoms with E-state index in [4.69, 9.17) is 22.1 Å². The number of nitrogens with two attached hydrogens (primary N) is 1. The zero-order valence-corrected chi connectivity index (χ0v) is 13.8. The number of anilines is 1. The molecule has 2 aromatic heterocycles. The maximum absolute atomic E-state index is 6.37. The largest absolute Gasteiger partial charge is 0.376 e. The van der Waals surface area contributed by atoms with Crippen LogP contribution in [0.25, 0.3) is 11.2 Å². The van der Waals surface area contributed by atoms with Gasteiger partial charge in [0.1, 0.15) is 16.5 Å². The fourth-order valence-corrected chi connectivity index (χ4v) is 3.82. The normalized spacial score (nSPS) is 27.0. The predicted octanol–water partition coefficient (Wildman–Crippen LogP) is 2.01. The quantitative estimate of drug-likeness (QED) is 0.804. The molecule has 2 unspecified atom stereocenters. The molecule has 7 heteroatoms. The smallest absolute Gasteiger partial charge is 0.179 e. The molecule has 2 N–H and O–H groups in total. The van der Waals surface area contributed by atoms with Crippen molar-refractivity contribution in [2.45, 2.75) is 31.9 Å². The number of nitrogens with zero attached hydrogens (tertiary/aromatic N) is 4. The van der Waals surface area contributed by atoms with Crippen molar-refractivity contribution in [1.82, 2.24) is 15.0 Å². The van der Waals surface area contributed by atoms with Crippen LogP contribution in [0.5, 0.6) is 0 Å². The topological polar surface area (TPSA) is 77.2 Å². The lowest BCUT2D eigenvalue weighted by Gasteiger charge is -2.41. The third kappa shape index (κ3) is 2.55. The number of ether oxygens (including phenoxy) is 1. The minimum Gasteiger partial charge on any atom is -0.376 e. The zero-order chi connectivity index (χ0) is 16.0. The van der Waals surface area contributed by atoms with Crippen LogP contribution in [0.3, 0.4) is 0 Å². The molecular formula is C16H20ClN5O. The maximum Gasteiger partial charge on any atom is 0.179 e. The molecule has 2 atom stereocenters. The number of halogens is 1. The van der Waals surface area contributed by atoms with Gasteiger partial charge in [0.25, 0.3) is 0 Å². The van der Waals surface area contributed by atoms with Gasteiger partial charge in [-0.05, 0) is 31.9 Å². The Balaban J connectivity index is 1.53. The first kappa shape index (κ1) is 15.1. The van der Waals surface area contributed by atoms with Gasteiger partial charge in [0.2, 0.25) is 0 Å². The van der Waals surface area contributed by atoms with Crippen molar-refractivity contribution in [1.29, 1.82) is 0 Å². The van der Waals surface area contributed by atoms with Gasteiger partial charge in [0.15, 0.2) is 5.65 Å². The summed E-state index contributed by atoms with van der Waals surface area (Å²) in [7, 11) is 0. The van der Waals surface area contributed by atoms with Crippen LogP contribution in [0.4, 0.5) is 5.82 Å². The van der Waals surface area contributed by atoms with Crippen LogP contribution >= 0.6 is 11.6 Å². The summed E-state index contributed by atoms with van der Waals surface area (Å²) in [6.07, 6.45) is 3.98. The van der Waals surface area contributed by atoms with Gasteiger partial charge in [-0.25, -0.2) is 15.0 Å². The fraction of sp³-hybridized carbons (Fsp3) is 0.562. The van der Waals surface area contributed by atoms with Gasteiger partial charge >= 0.3 is 0 Å². The van der Waals surface area contributed by atoms with Gasteiger partial charge in [-0.1, -0.05) is 11.6 Å². The Bertz CT molecular complexity index is 731. The van der Waals surface area contributed by atoms with Gasteiger partial charge in [-0.2, -0.15) is 0 Å². The molecule has 2 saturated heterocycles. The lowest BCUT2D eigenvalue weighted by molar-refractivity contribution is 0.0974. The first-order chi connectivity index (χ1) is 11.1. The molecule has 2 aromatic rings. The lowest BCUT2D eigenvalue weighted by atomic mass is 9.73. The summed E-state index contributed by atoms with van der Waals surface area (Å²) in [5.41, 5.74) is 7.83. The van der Waals surface area contributed by atoms with E-state index in [0.717, 1.165) is 43.9 Å². The van der Waals surface area contributed by atoms with Crippen molar-refractivity contribution in [3.8, 4) is 0 Å². The van der Waals surface area contributed by atoms with Gasteiger partial charge in [0.05, 0.1) is 18.9 Å². The first-order valence-electron chi connectivity index (χ1n) is 7.99. The summed E-state index contributed by atoms with van der Waals surface area (Å²) >= 11 is 5.89. The Kier molecular flexibility index (Phi) is 3.63. The highest BCUT2D eigenvalue weighted by Crippen LogP contribution is 2.41. The molecular weight excluding hydrogens is 314 g/mol. The van der Waals surface area contributed by atoms with Crippen molar-refractivity contribution in [3.05, 3.63) is 23.5 Å². The van der Waals surface area contributed by atoms with Crippen LogP contribution in [0.1, 0.15) is 19.8 Å². The van der Waals surface area contributed by atoms with E-state index >= 15 is 0 Å². The molecule has 0 aliphatic carbocycles. The van der Waals surface area contributed by atoms with E-state index < -0.39 is 0 Å². The molecule has 6 nitrogen and oxygen atoms in total. The van der Waals surface area contributed by atoms with Crippen molar-refractivity contribution in [2.24, 2.45) is 11.1 Å². The van der Waals surface area contributed by atoms with E-state index in [1.54, 1.807) is 12.3 Å². The first-order valence-corrected chi connectivity index (χ1v) is 8.37. The van der Waals surface area contributed by atoms with Crippen LogP contribution in [-0.2, 0) is 4.74 Å². The molecule has 122 valence electrons. The summed E-state index contributed by atoms with van der Waals surface area (Å²) in [6, 6.07) is 3.72. The molecule has 0 saturated carbocycles. The number of pyridine rings is 1. The number of piperidine rings is 1. The molecule has 2 fully saturated rings. The summed E-state index contributed by atoms with van der Waals surface area (Å²) in [5.74, 6) is 0.886. The van der Waals surface area contributed by atoms with Gasteiger partial charge < -0.3 is 15.4 Å². The maximum atomic E-state index is 6.37. The number of hydrogen-bond acceptors (Lipinski definition) is 6. The zero-order valence-electron chi connectivity index (χ0n) is 13.1. The standard InChI is InChI=1S/C16H20ClN5O/c1-10-14(18)16(9-23-10)4-6-22(7-5-16)13-8-19-15-11(20-13)2-3-12(17)21-15/h2-3,8,10,14H,4-7,9,18H2,1H3. The molecule has 4 heterocycles.